The fraction of sp³-hybridized carbons (Fsp3) is 0.263. The lowest BCUT2D eigenvalue weighted by Gasteiger charge is -2.23. The van der Waals surface area contributed by atoms with Crippen LogP contribution in [0, 0.1) is 0 Å². The van der Waals surface area contributed by atoms with Gasteiger partial charge in [0, 0.05) is 13.6 Å². The van der Waals surface area contributed by atoms with Crippen LogP contribution in [0.2, 0.25) is 0 Å². The summed E-state index contributed by atoms with van der Waals surface area (Å²) in [5.74, 6) is 0.554. The lowest BCUT2D eigenvalue weighted by molar-refractivity contribution is 0.0718. The van der Waals surface area contributed by atoms with Crippen LogP contribution in [0.25, 0.3) is 10.9 Å². The molecule has 1 fully saturated rings. The predicted octanol–water partition coefficient (Wildman–Crippen LogP) is 3.11. The number of para-hydroxylation sites is 1. The van der Waals surface area contributed by atoms with Crippen molar-refractivity contribution in [2.45, 2.75) is 18.9 Å². The SMILES string of the molecule is Cn1c(=O)c(C(=O)N2CCC[C@@H]2c2ccco2)cc2ccccc21. The molecule has 3 aromatic rings. The number of aromatic nitrogens is 1. The summed E-state index contributed by atoms with van der Waals surface area (Å²) in [5, 5.41) is 0.886. The van der Waals surface area contributed by atoms with E-state index in [0.717, 1.165) is 29.5 Å². The van der Waals surface area contributed by atoms with Crippen LogP contribution in [0.5, 0.6) is 0 Å². The molecule has 1 atom stereocenters. The van der Waals surface area contributed by atoms with Gasteiger partial charge in [0.1, 0.15) is 11.3 Å². The van der Waals surface area contributed by atoms with Gasteiger partial charge >= 0.3 is 0 Å². The van der Waals surface area contributed by atoms with Crippen LogP contribution in [0.1, 0.15) is 35.0 Å². The highest BCUT2D eigenvalue weighted by atomic mass is 16.3. The Hall–Kier alpha value is -2.82. The maximum atomic E-state index is 13.0. The van der Waals surface area contributed by atoms with Crippen molar-refractivity contribution >= 4 is 16.8 Å². The molecule has 1 saturated heterocycles. The van der Waals surface area contributed by atoms with Crippen molar-refractivity contribution in [1.82, 2.24) is 9.47 Å². The highest BCUT2D eigenvalue weighted by molar-refractivity contribution is 5.97. The Morgan fingerprint density at radius 3 is 2.83 bits per heavy atom. The Labute approximate surface area is 139 Å². The fourth-order valence-electron chi connectivity index (χ4n) is 3.52. The topological polar surface area (TPSA) is 55.5 Å². The molecular formula is C19H18N2O3. The number of benzene rings is 1. The number of carbonyl (C=O) groups is 1. The van der Waals surface area contributed by atoms with E-state index in [1.165, 1.54) is 0 Å². The zero-order valence-electron chi connectivity index (χ0n) is 13.4. The second kappa shape index (κ2) is 5.67. The minimum atomic E-state index is -0.260. The Balaban J connectivity index is 1.78. The Bertz CT molecular complexity index is 956. The van der Waals surface area contributed by atoms with Crippen LogP contribution in [-0.2, 0) is 7.05 Å². The van der Waals surface area contributed by atoms with Gasteiger partial charge in [-0.2, -0.15) is 0 Å². The van der Waals surface area contributed by atoms with E-state index in [4.69, 9.17) is 4.42 Å². The van der Waals surface area contributed by atoms with E-state index >= 15 is 0 Å². The molecule has 0 N–H and O–H groups in total. The average molecular weight is 322 g/mol. The van der Waals surface area contributed by atoms with Crippen LogP contribution < -0.4 is 5.56 Å². The van der Waals surface area contributed by atoms with Crippen molar-refractivity contribution < 1.29 is 9.21 Å². The summed E-state index contributed by atoms with van der Waals surface area (Å²) in [6.07, 6.45) is 3.38. The average Bonchev–Trinajstić information content (AvgIpc) is 3.28. The summed E-state index contributed by atoms with van der Waals surface area (Å²) in [7, 11) is 1.70. The van der Waals surface area contributed by atoms with Gasteiger partial charge in [0.05, 0.1) is 17.8 Å². The van der Waals surface area contributed by atoms with Gasteiger partial charge in [-0.3, -0.25) is 9.59 Å². The molecule has 3 heterocycles. The summed E-state index contributed by atoms with van der Waals surface area (Å²) in [6, 6.07) is 12.9. The van der Waals surface area contributed by atoms with Crippen molar-refractivity contribution in [1.29, 1.82) is 0 Å². The van der Waals surface area contributed by atoms with E-state index in [-0.39, 0.29) is 23.1 Å². The van der Waals surface area contributed by atoms with Gasteiger partial charge in [0.2, 0.25) is 0 Å². The van der Waals surface area contributed by atoms with Gasteiger partial charge in [0.25, 0.3) is 11.5 Å². The number of hydrogen-bond donors (Lipinski definition) is 0. The first-order chi connectivity index (χ1) is 11.7. The van der Waals surface area contributed by atoms with Crippen molar-refractivity contribution in [3.05, 3.63) is 70.4 Å². The van der Waals surface area contributed by atoms with Crippen molar-refractivity contribution in [2.24, 2.45) is 7.05 Å². The van der Waals surface area contributed by atoms with Gasteiger partial charge < -0.3 is 13.9 Å². The second-order valence-corrected chi connectivity index (χ2v) is 6.15. The van der Waals surface area contributed by atoms with E-state index < -0.39 is 0 Å². The molecule has 0 unspecified atom stereocenters. The third kappa shape index (κ3) is 2.24. The molecule has 0 bridgehead atoms. The lowest BCUT2D eigenvalue weighted by atomic mass is 10.1. The number of carbonyl (C=O) groups excluding carboxylic acids is 1. The highest BCUT2D eigenvalue weighted by Crippen LogP contribution is 2.33. The molecule has 1 aliphatic rings. The smallest absolute Gasteiger partial charge is 0.263 e. The van der Waals surface area contributed by atoms with Crippen LogP contribution in [0.15, 0.2) is 57.9 Å². The number of fused-ring (bicyclic) bond motifs is 1. The summed E-state index contributed by atoms with van der Waals surface area (Å²) >= 11 is 0. The predicted molar refractivity (Wildman–Crippen MR) is 90.9 cm³/mol. The molecule has 4 rings (SSSR count). The number of likely N-dealkylation sites (tertiary alicyclic amines) is 1. The van der Waals surface area contributed by atoms with Crippen molar-refractivity contribution in [3.63, 3.8) is 0 Å². The van der Waals surface area contributed by atoms with Crippen LogP contribution >= 0.6 is 0 Å². The number of amides is 1. The molecule has 1 amide bonds. The van der Waals surface area contributed by atoms with Crippen LogP contribution in [-0.4, -0.2) is 21.9 Å². The molecule has 5 nitrogen and oxygen atoms in total. The maximum Gasteiger partial charge on any atom is 0.263 e. The molecule has 0 saturated carbocycles. The zero-order chi connectivity index (χ0) is 16.7. The van der Waals surface area contributed by atoms with Gasteiger partial charge in [-0.15, -0.1) is 0 Å². The standard InChI is InChI=1S/C19H18N2O3/c1-20-15-7-3-2-6-13(15)12-14(18(20)22)19(23)21-10-4-8-16(21)17-9-5-11-24-17/h2-3,5-7,9,11-12,16H,4,8,10H2,1H3/t16-/m1/s1. The number of pyridine rings is 1. The first-order valence-electron chi connectivity index (χ1n) is 8.10. The third-order valence-corrected chi connectivity index (χ3v) is 4.75. The normalized spacial score (nSPS) is 17.5. The number of hydrogen-bond acceptors (Lipinski definition) is 3. The van der Waals surface area contributed by atoms with Gasteiger partial charge in [-0.25, -0.2) is 0 Å². The molecule has 0 spiro atoms. The van der Waals surface area contributed by atoms with Gasteiger partial charge in [-0.1, -0.05) is 18.2 Å². The van der Waals surface area contributed by atoms with E-state index in [0.29, 0.717) is 6.54 Å². The quantitative estimate of drug-likeness (QED) is 0.728. The first kappa shape index (κ1) is 14.8. The number of aryl methyl sites for hydroxylation is 1. The van der Waals surface area contributed by atoms with E-state index in [9.17, 15) is 9.59 Å². The molecule has 0 radical (unpaired) electrons. The molecule has 0 aliphatic carbocycles. The molecular weight excluding hydrogens is 304 g/mol. The Morgan fingerprint density at radius 2 is 2.04 bits per heavy atom. The largest absolute Gasteiger partial charge is 0.467 e. The minimum Gasteiger partial charge on any atom is -0.467 e. The summed E-state index contributed by atoms with van der Waals surface area (Å²) in [6.45, 7) is 0.639. The number of nitrogens with zero attached hydrogens (tertiary/aromatic N) is 2. The molecule has 2 aromatic heterocycles. The zero-order valence-corrected chi connectivity index (χ0v) is 13.4. The fourth-order valence-corrected chi connectivity index (χ4v) is 3.52. The van der Waals surface area contributed by atoms with Gasteiger partial charge in [0.15, 0.2) is 0 Å². The first-order valence-corrected chi connectivity index (χ1v) is 8.10. The molecule has 1 aromatic carbocycles. The van der Waals surface area contributed by atoms with Crippen molar-refractivity contribution in [2.75, 3.05) is 6.54 Å². The molecule has 24 heavy (non-hydrogen) atoms. The molecule has 1 aliphatic heterocycles. The second-order valence-electron chi connectivity index (χ2n) is 6.15. The van der Waals surface area contributed by atoms with Crippen LogP contribution in [0.3, 0.4) is 0 Å². The van der Waals surface area contributed by atoms with E-state index in [1.54, 1.807) is 28.8 Å². The maximum absolute atomic E-state index is 13.0. The number of furan rings is 1. The lowest BCUT2D eigenvalue weighted by Crippen LogP contribution is -2.36. The van der Waals surface area contributed by atoms with E-state index in [1.807, 2.05) is 36.4 Å². The summed E-state index contributed by atoms with van der Waals surface area (Å²) < 4.78 is 7.02. The molecule has 5 heteroatoms. The van der Waals surface area contributed by atoms with Crippen molar-refractivity contribution in [3.8, 4) is 0 Å². The summed E-state index contributed by atoms with van der Waals surface area (Å²) in [5.41, 5.74) is 0.779. The minimum absolute atomic E-state index is 0.0938. The monoisotopic (exact) mass is 322 g/mol. The third-order valence-electron chi connectivity index (χ3n) is 4.75. The Morgan fingerprint density at radius 1 is 1.21 bits per heavy atom. The van der Waals surface area contributed by atoms with Gasteiger partial charge in [-0.05, 0) is 42.5 Å². The summed E-state index contributed by atoms with van der Waals surface area (Å²) in [4.78, 5) is 27.5. The van der Waals surface area contributed by atoms with E-state index in [2.05, 4.69) is 0 Å². The Kier molecular flexibility index (Phi) is 3.49. The highest BCUT2D eigenvalue weighted by Gasteiger charge is 2.33. The number of rotatable bonds is 2. The van der Waals surface area contributed by atoms with Crippen LogP contribution in [0.4, 0.5) is 0 Å². The molecule has 122 valence electrons.